The molecule has 3 atom stereocenters. The first-order valence-corrected chi connectivity index (χ1v) is 12.5. The normalized spacial score (nSPS) is 19.5. The second-order valence-corrected chi connectivity index (χ2v) is 10.6. The molecule has 11 heteroatoms. The highest BCUT2D eigenvalue weighted by Crippen LogP contribution is 2.37. The van der Waals surface area contributed by atoms with Crippen molar-refractivity contribution in [2.24, 2.45) is 13.0 Å². The fraction of sp³-hybridized carbons (Fsp3) is 0.680. The van der Waals surface area contributed by atoms with E-state index in [1.165, 1.54) is 4.57 Å². The molecule has 0 saturated carbocycles. The van der Waals surface area contributed by atoms with E-state index in [1.54, 1.807) is 7.05 Å². The van der Waals surface area contributed by atoms with Crippen molar-refractivity contribution in [2.45, 2.75) is 84.0 Å². The van der Waals surface area contributed by atoms with E-state index in [9.17, 15) is 18.0 Å². The Morgan fingerprint density at radius 3 is 2.67 bits per heavy atom. The molecule has 3 rings (SSSR count). The van der Waals surface area contributed by atoms with E-state index in [-0.39, 0.29) is 51.9 Å². The van der Waals surface area contributed by atoms with E-state index in [4.69, 9.17) is 30.5 Å². The maximum absolute atomic E-state index is 14.6. The topological polar surface area (TPSA) is 71.8 Å². The third-order valence-corrected chi connectivity index (χ3v) is 6.21. The lowest BCUT2D eigenvalue weighted by Gasteiger charge is -2.29. The first kappa shape index (κ1) is 28.4. The van der Waals surface area contributed by atoms with Gasteiger partial charge >= 0.3 is 5.97 Å². The van der Waals surface area contributed by atoms with Gasteiger partial charge in [0.25, 0.3) is 12.4 Å². The van der Waals surface area contributed by atoms with Crippen molar-refractivity contribution in [1.82, 2.24) is 9.55 Å². The van der Waals surface area contributed by atoms with Crippen LogP contribution in [0, 0.1) is 11.7 Å². The summed E-state index contributed by atoms with van der Waals surface area (Å²) < 4.78 is 63.3. The van der Waals surface area contributed by atoms with Gasteiger partial charge in [-0.1, -0.05) is 18.5 Å². The number of alkyl halides is 2. The largest absolute Gasteiger partial charge is 0.486 e. The summed E-state index contributed by atoms with van der Waals surface area (Å²) in [5.74, 6) is -0.933. The Morgan fingerprint density at radius 1 is 1.33 bits per heavy atom. The standard InChI is InChI=1S/C25H34ClF3N2O5/c1-14(10-20(32)36-25(2,3)4)6-7-15-8-9-16(12-33-15)35-24-30-22-17(27)11-18(34-13-19(28)29)21(26)23(22)31(24)5/h11,14-16,19H,6-10,12-13H2,1-5H3/t14-,15+,16+/m0/s1. The highest BCUT2D eigenvalue weighted by molar-refractivity contribution is 6.36. The molecule has 0 aliphatic carbocycles. The molecule has 1 saturated heterocycles. The van der Waals surface area contributed by atoms with Gasteiger partial charge in [0.15, 0.2) is 5.82 Å². The summed E-state index contributed by atoms with van der Waals surface area (Å²) in [6.45, 7) is 7.03. The molecule has 0 unspecified atom stereocenters. The summed E-state index contributed by atoms with van der Waals surface area (Å²) in [6, 6.07) is 1.09. The van der Waals surface area contributed by atoms with E-state index in [1.807, 2.05) is 27.7 Å². The van der Waals surface area contributed by atoms with Crippen LogP contribution in [0.25, 0.3) is 11.0 Å². The van der Waals surface area contributed by atoms with Gasteiger partial charge in [0.1, 0.15) is 34.6 Å². The van der Waals surface area contributed by atoms with E-state index in [0.29, 0.717) is 19.4 Å². The minimum Gasteiger partial charge on any atom is -0.486 e. The number of aryl methyl sites for hydroxylation is 1. The third kappa shape index (κ3) is 7.65. The third-order valence-electron chi connectivity index (χ3n) is 5.84. The summed E-state index contributed by atoms with van der Waals surface area (Å²) in [6.07, 6.45) is 0.589. The van der Waals surface area contributed by atoms with Crippen molar-refractivity contribution in [3.63, 3.8) is 0 Å². The maximum atomic E-state index is 14.6. The Morgan fingerprint density at radius 2 is 2.06 bits per heavy atom. The van der Waals surface area contributed by atoms with Crippen LogP contribution in [0.1, 0.15) is 59.8 Å². The lowest BCUT2D eigenvalue weighted by molar-refractivity contribution is -0.156. The molecule has 1 fully saturated rings. The molecule has 2 aromatic rings. The number of hydrogen-bond acceptors (Lipinski definition) is 6. The Labute approximate surface area is 214 Å². The number of imidazole rings is 1. The molecule has 7 nitrogen and oxygen atoms in total. The molecule has 0 spiro atoms. The van der Waals surface area contributed by atoms with E-state index >= 15 is 0 Å². The number of ether oxygens (including phenoxy) is 4. The zero-order valence-electron chi connectivity index (χ0n) is 21.3. The molecule has 1 aliphatic heterocycles. The Bertz CT molecular complexity index is 1050. The zero-order valence-corrected chi connectivity index (χ0v) is 22.0. The van der Waals surface area contributed by atoms with Crippen LogP contribution in [0.15, 0.2) is 6.07 Å². The van der Waals surface area contributed by atoms with E-state index < -0.39 is 24.5 Å². The number of hydrogen-bond donors (Lipinski definition) is 0. The monoisotopic (exact) mass is 534 g/mol. The van der Waals surface area contributed by atoms with Crippen molar-refractivity contribution in [2.75, 3.05) is 13.2 Å². The van der Waals surface area contributed by atoms with Crippen LogP contribution in [-0.4, -0.2) is 53.0 Å². The SMILES string of the molecule is C[C@@H](CC[C@@H]1CC[C@@H](Oc2nc3c(F)cc(OCC(F)F)c(Cl)c3n2C)CO1)CC(=O)OC(C)(C)C. The average molecular weight is 535 g/mol. The van der Waals surface area contributed by atoms with Crippen molar-refractivity contribution < 1.29 is 36.9 Å². The molecule has 1 aromatic heterocycles. The lowest BCUT2D eigenvalue weighted by Crippen LogP contribution is -2.34. The number of esters is 1. The van der Waals surface area contributed by atoms with Crippen LogP contribution < -0.4 is 9.47 Å². The summed E-state index contributed by atoms with van der Waals surface area (Å²) in [4.78, 5) is 16.2. The summed E-state index contributed by atoms with van der Waals surface area (Å²) >= 11 is 6.29. The van der Waals surface area contributed by atoms with Gasteiger partial charge in [0, 0.05) is 19.5 Å². The van der Waals surface area contributed by atoms with Gasteiger partial charge in [-0.2, -0.15) is 4.98 Å². The number of benzene rings is 1. The fourth-order valence-corrected chi connectivity index (χ4v) is 4.44. The first-order chi connectivity index (χ1) is 16.8. The molecule has 0 N–H and O–H groups in total. The van der Waals surface area contributed by atoms with Crippen molar-refractivity contribution >= 4 is 28.6 Å². The van der Waals surface area contributed by atoms with Crippen LogP contribution in [0.4, 0.5) is 13.2 Å². The van der Waals surface area contributed by atoms with Crippen LogP contribution in [0.3, 0.4) is 0 Å². The number of halogens is 4. The van der Waals surface area contributed by atoms with Gasteiger partial charge in [-0.25, -0.2) is 13.2 Å². The first-order valence-electron chi connectivity index (χ1n) is 12.1. The predicted octanol–water partition coefficient (Wildman–Crippen LogP) is 6.08. The minimum atomic E-state index is -2.71. The zero-order chi connectivity index (χ0) is 26.6. The molecule has 0 radical (unpaired) electrons. The molecule has 0 bridgehead atoms. The van der Waals surface area contributed by atoms with Gasteiger partial charge < -0.3 is 18.9 Å². The van der Waals surface area contributed by atoms with Gasteiger partial charge in [-0.3, -0.25) is 9.36 Å². The summed E-state index contributed by atoms with van der Waals surface area (Å²) in [5, 5.41) is -0.0163. The molecule has 0 amide bonds. The van der Waals surface area contributed by atoms with Gasteiger partial charge in [-0.15, -0.1) is 0 Å². The second-order valence-electron chi connectivity index (χ2n) is 10.3. The van der Waals surface area contributed by atoms with E-state index in [0.717, 1.165) is 25.3 Å². The fourth-order valence-electron chi connectivity index (χ4n) is 4.11. The van der Waals surface area contributed by atoms with Gasteiger partial charge in [0.05, 0.1) is 18.2 Å². The summed E-state index contributed by atoms with van der Waals surface area (Å²) in [7, 11) is 1.60. The van der Waals surface area contributed by atoms with Gasteiger partial charge in [0.2, 0.25) is 0 Å². The molecule has 2 heterocycles. The Hall–Kier alpha value is -2.20. The van der Waals surface area contributed by atoms with Crippen LogP contribution >= 0.6 is 11.6 Å². The Balaban J connectivity index is 1.53. The smallest absolute Gasteiger partial charge is 0.306 e. The van der Waals surface area contributed by atoms with Crippen LogP contribution in [0.5, 0.6) is 11.8 Å². The van der Waals surface area contributed by atoms with Crippen LogP contribution in [-0.2, 0) is 21.3 Å². The second kappa shape index (κ2) is 11.9. The highest BCUT2D eigenvalue weighted by Gasteiger charge is 2.27. The van der Waals surface area contributed by atoms with Crippen molar-refractivity contribution in [3.05, 3.63) is 16.9 Å². The van der Waals surface area contributed by atoms with Crippen molar-refractivity contribution in [3.8, 4) is 11.8 Å². The molecule has 36 heavy (non-hydrogen) atoms. The predicted molar refractivity (Wildman–Crippen MR) is 129 cm³/mol. The number of carbonyl (C=O) groups is 1. The Kier molecular flexibility index (Phi) is 9.38. The number of nitrogens with zero attached hydrogens (tertiary/aromatic N) is 2. The minimum absolute atomic E-state index is 0.0163. The number of aromatic nitrogens is 2. The molecule has 202 valence electrons. The molecular formula is C25H34ClF3N2O5. The summed E-state index contributed by atoms with van der Waals surface area (Å²) in [5.41, 5.74) is -0.321. The lowest BCUT2D eigenvalue weighted by atomic mass is 9.96. The van der Waals surface area contributed by atoms with Crippen molar-refractivity contribution in [1.29, 1.82) is 0 Å². The van der Waals surface area contributed by atoms with E-state index in [2.05, 4.69) is 4.98 Å². The number of rotatable bonds is 10. The highest BCUT2D eigenvalue weighted by atomic mass is 35.5. The maximum Gasteiger partial charge on any atom is 0.306 e. The molecule has 1 aliphatic rings. The quantitative estimate of drug-likeness (QED) is 0.344. The average Bonchev–Trinajstić information content (AvgIpc) is 3.10. The number of carbonyl (C=O) groups excluding carboxylic acids is 1. The van der Waals surface area contributed by atoms with Gasteiger partial charge in [-0.05, 0) is 52.4 Å². The molecular weight excluding hydrogens is 501 g/mol. The number of fused-ring (bicyclic) bond motifs is 1. The molecule has 1 aromatic carbocycles. The van der Waals surface area contributed by atoms with Crippen LogP contribution in [0.2, 0.25) is 5.02 Å².